The number of hydrogen-bond acceptors (Lipinski definition) is 6. The molecule has 0 aliphatic rings. The zero-order valence-corrected chi connectivity index (χ0v) is 18.2. The molecule has 6 heteroatoms. The van der Waals surface area contributed by atoms with Crippen molar-refractivity contribution in [3.8, 4) is 23.0 Å². The lowest BCUT2D eigenvalue weighted by Gasteiger charge is -2.23. The first kappa shape index (κ1) is 22.6. The van der Waals surface area contributed by atoms with Crippen molar-refractivity contribution in [3.05, 3.63) is 119 Å². The standard InChI is InChI=1S/C28H24N2O4/c31-21-13-9-19(10-14-21)17-29-27(23-5-1-3-7-25(23)33)28(24-6-2-4-8-26(24)34)30-18-20-11-15-22(32)16-12-20/h1-18,27-28,31-34H. The molecule has 4 rings (SSSR count). The van der Waals surface area contributed by atoms with Crippen LogP contribution in [0.1, 0.15) is 34.3 Å². The predicted octanol–water partition coefficient (Wildman–Crippen LogP) is 5.53. The van der Waals surface area contributed by atoms with Crippen LogP contribution in [0.4, 0.5) is 0 Å². The Hall–Kier alpha value is -4.58. The van der Waals surface area contributed by atoms with E-state index in [0.717, 1.165) is 11.1 Å². The zero-order chi connectivity index (χ0) is 23.9. The summed E-state index contributed by atoms with van der Waals surface area (Å²) in [6.07, 6.45) is 3.30. The average molecular weight is 453 g/mol. The number of hydrogen-bond donors (Lipinski definition) is 4. The maximum atomic E-state index is 10.6. The first-order valence-corrected chi connectivity index (χ1v) is 10.7. The van der Waals surface area contributed by atoms with Gasteiger partial charge in [0.1, 0.15) is 35.1 Å². The third-order valence-electron chi connectivity index (χ3n) is 5.36. The van der Waals surface area contributed by atoms with Crippen molar-refractivity contribution in [1.82, 2.24) is 0 Å². The molecular weight excluding hydrogens is 428 g/mol. The fourth-order valence-corrected chi connectivity index (χ4v) is 3.59. The molecule has 6 nitrogen and oxygen atoms in total. The highest BCUT2D eigenvalue weighted by Crippen LogP contribution is 2.42. The number of rotatable bonds is 7. The van der Waals surface area contributed by atoms with Crippen molar-refractivity contribution < 1.29 is 20.4 Å². The first-order valence-electron chi connectivity index (χ1n) is 10.7. The number of aliphatic imine (C=N–C) groups is 2. The van der Waals surface area contributed by atoms with Crippen LogP contribution in [0.5, 0.6) is 23.0 Å². The van der Waals surface area contributed by atoms with Gasteiger partial charge in [0.05, 0.1) is 0 Å². The van der Waals surface area contributed by atoms with Crippen LogP contribution in [0.15, 0.2) is 107 Å². The predicted molar refractivity (Wildman–Crippen MR) is 133 cm³/mol. The summed E-state index contributed by atoms with van der Waals surface area (Å²) in [5.74, 6) is 0.436. The molecule has 2 atom stereocenters. The number of aromatic hydroxyl groups is 4. The van der Waals surface area contributed by atoms with Gasteiger partial charge in [-0.05, 0) is 71.8 Å². The van der Waals surface area contributed by atoms with Crippen molar-refractivity contribution in [3.63, 3.8) is 0 Å². The van der Waals surface area contributed by atoms with Gasteiger partial charge in [-0.1, -0.05) is 36.4 Å². The van der Waals surface area contributed by atoms with Crippen LogP contribution in [0.25, 0.3) is 0 Å². The van der Waals surface area contributed by atoms with E-state index in [0.29, 0.717) is 11.1 Å². The zero-order valence-electron chi connectivity index (χ0n) is 18.2. The SMILES string of the molecule is Oc1ccc(C=NC(c2ccccc2O)C(N=Cc2ccc(O)cc2)c2ccccc2O)cc1. The highest BCUT2D eigenvalue weighted by molar-refractivity contribution is 5.81. The highest BCUT2D eigenvalue weighted by Gasteiger charge is 2.27. The van der Waals surface area contributed by atoms with Crippen LogP contribution >= 0.6 is 0 Å². The largest absolute Gasteiger partial charge is 0.508 e. The van der Waals surface area contributed by atoms with E-state index in [9.17, 15) is 20.4 Å². The molecule has 0 amide bonds. The van der Waals surface area contributed by atoms with Gasteiger partial charge in [0, 0.05) is 23.6 Å². The third kappa shape index (κ3) is 5.42. The molecule has 170 valence electrons. The number of phenols is 4. The number of para-hydroxylation sites is 2. The molecule has 34 heavy (non-hydrogen) atoms. The van der Waals surface area contributed by atoms with Crippen LogP contribution in [-0.4, -0.2) is 32.9 Å². The lowest BCUT2D eigenvalue weighted by Crippen LogP contribution is -2.10. The normalized spacial score (nSPS) is 13.3. The monoisotopic (exact) mass is 452 g/mol. The molecule has 4 aromatic rings. The smallest absolute Gasteiger partial charge is 0.121 e. The summed E-state index contributed by atoms with van der Waals surface area (Å²) in [5.41, 5.74) is 2.62. The summed E-state index contributed by atoms with van der Waals surface area (Å²) in [6, 6.07) is 25.7. The molecule has 0 aliphatic carbocycles. The van der Waals surface area contributed by atoms with Crippen molar-refractivity contribution in [2.45, 2.75) is 12.1 Å². The van der Waals surface area contributed by atoms with Gasteiger partial charge in [-0.15, -0.1) is 0 Å². The van der Waals surface area contributed by atoms with Gasteiger partial charge in [-0.3, -0.25) is 9.98 Å². The first-order chi connectivity index (χ1) is 16.5. The second-order valence-electron chi connectivity index (χ2n) is 7.75. The molecule has 4 aromatic carbocycles. The van der Waals surface area contributed by atoms with Crippen molar-refractivity contribution in [2.75, 3.05) is 0 Å². The Labute approximate surface area is 197 Å². The summed E-state index contributed by atoms with van der Waals surface area (Å²) in [6.45, 7) is 0. The molecule has 0 spiro atoms. The summed E-state index contributed by atoms with van der Waals surface area (Å²) in [4.78, 5) is 9.53. The molecule has 0 aliphatic heterocycles. The van der Waals surface area contributed by atoms with Crippen molar-refractivity contribution in [2.24, 2.45) is 9.98 Å². The molecule has 4 N–H and O–H groups in total. The molecule has 0 saturated heterocycles. The van der Waals surface area contributed by atoms with Gasteiger partial charge in [-0.25, -0.2) is 0 Å². The summed E-state index contributed by atoms with van der Waals surface area (Å²) >= 11 is 0. The topological polar surface area (TPSA) is 106 Å². The van der Waals surface area contributed by atoms with E-state index >= 15 is 0 Å². The van der Waals surface area contributed by atoms with Gasteiger partial charge < -0.3 is 20.4 Å². The molecule has 0 bridgehead atoms. The maximum Gasteiger partial charge on any atom is 0.121 e. The van der Waals surface area contributed by atoms with Gasteiger partial charge in [-0.2, -0.15) is 0 Å². The van der Waals surface area contributed by atoms with Crippen LogP contribution in [0.3, 0.4) is 0 Å². The van der Waals surface area contributed by atoms with Crippen LogP contribution in [-0.2, 0) is 0 Å². The Balaban J connectivity index is 1.82. The summed E-state index contributed by atoms with van der Waals surface area (Å²) < 4.78 is 0. The quantitative estimate of drug-likeness (QED) is 0.277. The van der Waals surface area contributed by atoms with E-state index in [1.807, 2.05) is 12.1 Å². The van der Waals surface area contributed by atoms with Gasteiger partial charge in [0.25, 0.3) is 0 Å². The van der Waals surface area contributed by atoms with Gasteiger partial charge in [0.15, 0.2) is 0 Å². The Morgan fingerprint density at radius 3 is 1.18 bits per heavy atom. The third-order valence-corrected chi connectivity index (χ3v) is 5.36. The fraction of sp³-hybridized carbons (Fsp3) is 0.0714. The van der Waals surface area contributed by atoms with E-state index in [1.54, 1.807) is 97.4 Å². The lowest BCUT2D eigenvalue weighted by atomic mass is 9.92. The summed E-state index contributed by atoms with van der Waals surface area (Å²) in [7, 11) is 0. The number of nitrogens with zero attached hydrogens (tertiary/aromatic N) is 2. The number of benzene rings is 4. The Bertz CT molecular complexity index is 1200. The maximum absolute atomic E-state index is 10.6. The van der Waals surface area contributed by atoms with Crippen LogP contribution in [0, 0.1) is 0 Å². The van der Waals surface area contributed by atoms with E-state index in [4.69, 9.17) is 9.98 Å². The van der Waals surface area contributed by atoms with E-state index < -0.39 is 12.1 Å². The van der Waals surface area contributed by atoms with Gasteiger partial charge >= 0.3 is 0 Å². The number of phenolic OH excluding ortho intramolecular Hbond substituents is 4. The highest BCUT2D eigenvalue weighted by atomic mass is 16.3. The minimum absolute atomic E-state index is 0.0654. The Morgan fingerprint density at radius 2 is 0.824 bits per heavy atom. The molecule has 0 heterocycles. The molecule has 0 radical (unpaired) electrons. The average Bonchev–Trinajstić information content (AvgIpc) is 2.84. The Morgan fingerprint density at radius 1 is 0.471 bits per heavy atom. The van der Waals surface area contributed by atoms with Crippen molar-refractivity contribution >= 4 is 12.4 Å². The van der Waals surface area contributed by atoms with Crippen LogP contribution < -0.4 is 0 Å². The molecular formula is C28H24N2O4. The summed E-state index contributed by atoms with van der Waals surface area (Å²) in [5, 5.41) is 40.4. The molecule has 0 saturated carbocycles. The van der Waals surface area contributed by atoms with Crippen LogP contribution in [0.2, 0.25) is 0 Å². The van der Waals surface area contributed by atoms with Crippen molar-refractivity contribution in [1.29, 1.82) is 0 Å². The van der Waals surface area contributed by atoms with E-state index in [2.05, 4.69) is 0 Å². The second-order valence-corrected chi connectivity index (χ2v) is 7.75. The lowest BCUT2D eigenvalue weighted by molar-refractivity contribution is 0.438. The minimum atomic E-state index is -0.670. The Kier molecular flexibility index (Phi) is 6.89. The minimum Gasteiger partial charge on any atom is -0.508 e. The van der Waals surface area contributed by atoms with E-state index in [-0.39, 0.29) is 23.0 Å². The molecule has 2 unspecified atom stereocenters. The van der Waals surface area contributed by atoms with E-state index in [1.165, 1.54) is 0 Å². The molecule has 0 aromatic heterocycles. The fourth-order valence-electron chi connectivity index (χ4n) is 3.59. The second kappa shape index (κ2) is 10.4. The van der Waals surface area contributed by atoms with Gasteiger partial charge in [0.2, 0.25) is 0 Å². The molecule has 0 fully saturated rings.